The molecule has 5 nitrogen and oxygen atoms in total. The van der Waals surface area contributed by atoms with Crippen molar-refractivity contribution < 1.29 is 4.79 Å². The predicted molar refractivity (Wildman–Crippen MR) is 58.8 cm³/mol. The minimum atomic E-state index is 0.622. The van der Waals surface area contributed by atoms with Gasteiger partial charge in [-0.15, -0.1) is 0 Å². The lowest BCUT2D eigenvalue weighted by molar-refractivity contribution is 0.112. The molecule has 0 aliphatic heterocycles. The molecular formula is C11H12N4O. The van der Waals surface area contributed by atoms with Crippen LogP contribution in [0.3, 0.4) is 0 Å². The quantitative estimate of drug-likeness (QED) is 0.712. The van der Waals surface area contributed by atoms with Crippen LogP contribution in [-0.4, -0.2) is 26.0 Å². The molecule has 0 bridgehead atoms. The monoisotopic (exact) mass is 216 g/mol. The van der Waals surface area contributed by atoms with Gasteiger partial charge in [-0.25, -0.2) is 14.6 Å². The Morgan fingerprint density at radius 1 is 1.25 bits per heavy atom. The topological polar surface area (TPSA) is 60.7 Å². The van der Waals surface area contributed by atoms with E-state index in [9.17, 15) is 4.79 Å². The summed E-state index contributed by atoms with van der Waals surface area (Å²) in [5.41, 5.74) is 3.00. The minimum Gasteiger partial charge on any atom is -0.298 e. The smallest absolute Gasteiger partial charge is 0.157 e. The van der Waals surface area contributed by atoms with Crippen LogP contribution < -0.4 is 0 Å². The summed E-state index contributed by atoms with van der Waals surface area (Å²) in [6.45, 7) is 5.54. The second-order valence-corrected chi connectivity index (χ2v) is 3.63. The Morgan fingerprint density at radius 3 is 2.56 bits per heavy atom. The van der Waals surface area contributed by atoms with Crippen molar-refractivity contribution in [3.8, 4) is 5.82 Å². The Kier molecular flexibility index (Phi) is 2.52. The molecule has 0 fully saturated rings. The highest BCUT2D eigenvalue weighted by Gasteiger charge is 2.12. The molecule has 16 heavy (non-hydrogen) atoms. The molecular weight excluding hydrogens is 204 g/mol. The van der Waals surface area contributed by atoms with Gasteiger partial charge in [-0.2, -0.15) is 5.10 Å². The van der Waals surface area contributed by atoms with Crippen molar-refractivity contribution in [3.05, 3.63) is 35.0 Å². The molecule has 0 unspecified atom stereocenters. The average Bonchev–Trinajstić information content (AvgIpc) is 2.54. The molecule has 0 amide bonds. The maximum atomic E-state index is 10.9. The Labute approximate surface area is 93.2 Å². The van der Waals surface area contributed by atoms with Crippen molar-refractivity contribution in [2.45, 2.75) is 20.8 Å². The van der Waals surface area contributed by atoms with E-state index in [2.05, 4.69) is 15.1 Å². The second-order valence-electron chi connectivity index (χ2n) is 3.63. The fourth-order valence-corrected chi connectivity index (χ4v) is 1.60. The van der Waals surface area contributed by atoms with E-state index < -0.39 is 0 Å². The molecule has 0 saturated heterocycles. The van der Waals surface area contributed by atoms with Crippen LogP contribution in [0.15, 0.2) is 12.4 Å². The first-order valence-corrected chi connectivity index (χ1v) is 4.94. The number of nitrogens with zero attached hydrogens (tertiary/aromatic N) is 4. The van der Waals surface area contributed by atoms with Crippen LogP contribution in [-0.2, 0) is 0 Å². The number of carbonyl (C=O) groups is 1. The zero-order valence-electron chi connectivity index (χ0n) is 9.43. The lowest BCUT2D eigenvalue weighted by Crippen LogP contribution is -2.03. The van der Waals surface area contributed by atoms with Crippen LogP contribution in [0.5, 0.6) is 0 Å². The highest BCUT2D eigenvalue weighted by Crippen LogP contribution is 2.14. The van der Waals surface area contributed by atoms with Crippen LogP contribution in [0.4, 0.5) is 0 Å². The molecule has 0 aliphatic rings. The zero-order valence-corrected chi connectivity index (χ0v) is 9.43. The van der Waals surface area contributed by atoms with Gasteiger partial charge in [0.15, 0.2) is 12.1 Å². The molecule has 2 aromatic rings. The van der Waals surface area contributed by atoms with Crippen LogP contribution in [0.25, 0.3) is 5.82 Å². The number of aromatic nitrogens is 4. The molecule has 0 radical (unpaired) electrons. The first-order valence-electron chi connectivity index (χ1n) is 4.94. The van der Waals surface area contributed by atoms with Gasteiger partial charge in [-0.1, -0.05) is 0 Å². The fraction of sp³-hybridized carbons (Fsp3) is 0.273. The zero-order chi connectivity index (χ0) is 11.7. The van der Waals surface area contributed by atoms with Crippen molar-refractivity contribution in [1.82, 2.24) is 19.7 Å². The van der Waals surface area contributed by atoms with E-state index in [1.165, 1.54) is 6.33 Å². The Morgan fingerprint density at radius 2 is 2.00 bits per heavy atom. The Hall–Kier alpha value is -2.04. The van der Waals surface area contributed by atoms with E-state index >= 15 is 0 Å². The number of rotatable bonds is 2. The van der Waals surface area contributed by atoms with Gasteiger partial charge in [-0.05, 0) is 20.8 Å². The summed E-state index contributed by atoms with van der Waals surface area (Å²) in [6.07, 6.45) is 2.31. The van der Waals surface area contributed by atoms with Crippen LogP contribution >= 0.6 is 0 Å². The van der Waals surface area contributed by atoms with Crippen LogP contribution in [0.2, 0.25) is 0 Å². The molecule has 82 valence electrons. The summed E-state index contributed by atoms with van der Waals surface area (Å²) < 4.78 is 1.66. The number of aryl methyl sites for hydroxylation is 2. The van der Waals surface area contributed by atoms with Crippen LogP contribution in [0.1, 0.15) is 27.4 Å². The van der Waals surface area contributed by atoms with Crippen molar-refractivity contribution in [3.63, 3.8) is 0 Å². The fourth-order valence-electron chi connectivity index (χ4n) is 1.60. The van der Waals surface area contributed by atoms with Gasteiger partial charge in [0, 0.05) is 11.8 Å². The molecule has 0 spiro atoms. The summed E-state index contributed by atoms with van der Waals surface area (Å²) >= 11 is 0. The maximum Gasteiger partial charge on any atom is 0.157 e. The van der Waals surface area contributed by atoms with E-state index in [0.29, 0.717) is 17.1 Å². The molecule has 0 N–H and O–H groups in total. The first kappa shape index (κ1) is 10.5. The van der Waals surface area contributed by atoms with Crippen LogP contribution in [0, 0.1) is 20.8 Å². The van der Waals surface area contributed by atoms with E-state index in [-0.39, 0.29) is 0 Å². The SMILES string of the molecule is Cc1cc(-n2nc(C)c(C=O)c2C)ncn1. The van der Waals surface area contributed by atoms with E-state index in [1.54, 1.807) is 11.6 Å². The molecule has 2 heterocycles. The molecule has 5 heteroatoms. The normalized spacial score (nSPS) is 10.4. The molecule has 0 aromatic carbocycles. The van der Waals surface area contributed by atoms with Gasteiger partial charge in [-0.3, -0.25) is 4.79 Å². The third kappa shape index (κ3) is 1.60. The third-order valence-corrected chi connectivity index (χ3v) is 2.47. The van der Waals surface area contributed by atoms with E-state index in [0.717, 1.165) is 17.7 Å². The highest BCUT2D eigenvalue weighted by atomic mass is 16.1. The van der Waals surface area contributed by atoms with E-state index in [4.69, 9.17) is 0 Å². The summed E-state index contributed by atoms with van der Waals surface area (Å²) in [6, 6.07) is 1.83. The van der Waals surface area contributed by atoms with Gasteiger partial charge in [0.25, 0.3) is 0 Å². The summed E-state index contributed by atoms with van der Waals surface area (Å²) in [4.78, 5) is 19.0. The van der Waals surface area contributed by atoms with Crippen molar-refractivity contribution in [2.24, 2.45) is 0 Å². The lowest BCUT2D eigenvalue weighted by Gasteiger charge is -2.03. The van der Waals surface area contributed by atoms with Crippen molar-refractivity contribution >= 4 is 6.29 Å². The molecule has 0 atom stereocenters. The number of hydrogen-bond donors (Lipinski definition) is 0. The maximum absolute atomic E-state index is 10.9. The summed E-state index contributed by atoms with van der Waals surface area (Å²) in [5, 5.41) is 4.29. The van der Waals surface area contributed by atoms with Gasteiger partial charge >= 0.3 is 0 Å². The minimum absolute atomic E-state index is 0.622. The molecule has 2 aromatic heterocycles. The van der Waals surface area contributed by atoms with Gasteiger partial charge in [0.2, 0.25) is 0 Å². The molecule has 0 saturated carbocycles. The third-order valence-electron chi connectivity index (χ3n) is 2.47. The summed E-state index contributed by atoms with van der Waals surface area (Å²) in [7, 11) is 0. The number of hydrogen-bond acceptors (Lipinski definition) is 4. The Bertz CT molecular complexity index is 545. The average molecular weight is 216 g/mol. The highest BCUT2D eigenvalue weighted by molar-refractivity contribution is 5.78. The van der Waals surface area contributed by atoms with Crippen molar-refractivity contribution in [1.29, 1.82) is 0 Å². The number of aldehydes is 1. The number of carbonyl (C=O) groups excluding carboxylic acids is 1. The Balaban J connectivity index is 2.61. The first-order chi connectivity index (χ1) is 7.63. The lowest BCUT2D eigenvalue weighted by atomic mass is 10.2. The largest absolute Gasteiger partial charge is 0.298 e. The van der Waals surface area contributed by atoms with Gasteiger partial charge in [0.05, 0.1) is 17.0 Å². The van der Waals surface area contributed by atoms with Crippen molar-refractivity contribution in [2.75, 3.05) is 0 Å². The molecule has 2 rings (SSSR count). The molecule has 0 aliphatic carbocycles. The second kappa shape index (κ2) is 3.84. The van der Waals surface area contributed by atoms with Gasteiger partial charge in [0.1, 0.15) is 6.33 Å². The summed E-state index contributed by atoms with van der Waals surface area (Å²) in [5.74, 6) is 0.682. The predicted octanol–water partition coefficient (Wildman–Crippen LogP) is 1.40. The van der Waals surface area contributed by atoms with Gasteiger partial charge < -0.3 is 0 Å². The standard InChI is InChI=1S/C11H12N4O/c1-7-4-11(13-6-12-7)15-9(3)10(5-16)8(2)14-15/h4-6H,1-3H3. The van der Waals surface area contributed by atoms with E-state index in [1.807, 2.05) is 19.9 Å².